The molecule has 0 aromatic carbocycles. The highest BCUT2D eigenvalue weighted by atomic mass is 16.5. The first-order valence-corrected chi connectivity index (χ1v) is 6.02. The van der Waals surface area contributed by atoms with Crippen LogP contribution in [0, 0.1) is 13.8 Å². The molecule has 102 valence electrons. The Balaban J connectivity index is 2.26. The summed E-state index contributed by atoms with van der Waals surface area (Å²) in [5.74, 6) is 1.90. The molecule has 0 bridgehead atoms. The monoisotopic (exact) mass is 262 g/mol. The molecule has 0 spiro atoms. The fourth-order valence-electron chi connectivity index (χ4n) is 2.07. The first-order chi connectivity index (χ1) is 9.02. The molecule has 2 heterocycles. The molecule has 0 aliphatic rings. The molecule has 0 saturated carbocycles. The zero-order valence-electron chi connectivity index (χ0n) is 11.5. The minimum absolute atomic E-state index is 0.00634. The number of methoxy groups -OCH3 is 1. The Kier molecular flexibility index (Phi) is 3.59. The van der Waals surface area contributed by atoms with Gasteiger partial charge in [-0.2, -0.15) is 4.98 Å². The molecule has 1 atom stereocenters. The van der Waals surface area contributed by atoms with E-state index in [1.54, 1.807) is 19.2 Å². The van der Waals surface area contributed by atoms with E-state index in [2.05, 4.69) is 15.5 Å². The van der Waals surface area contributed by atoms with Crippen LogP contribution in [0.25, 0.3) is 0 Å². The SMILES string of the molecule is COc1ccc(N)c(NC(C)c2c(C)noc2C)n1. The Morgan fingerprint density at radius 3 is 2.68 bits per heavy atom. The standard InChI is InChI=1S/C13H18N4O2/c1-7(12-8(2)17-19-9(12)3)15-13-10(14)5-6-11(16-13)18-4/h5-7H,14H2,1-4H3,(H,15,16). The van der Waals surface area contributed by atoms with Crippen molar-refractivity contribution in [2.75, 3.05) is 18.2 Å². The zero-order valence-corrected chi connectivity index (χ0v) is 11.5. The number of aryl methyl sites for hydroxylation is 2. The smallest absolute Gasteiger partial charge is 0.215 e. The highest BCUT2D eigenvalue weighted by Gasteiger charge is 2.17. The number of nitrogens with two attached hydrogens (primary N) is 1. The summed E-state index contributed by atoms with van der Waals surface area (Å²) in [5.41, 5.74) is 8.35. The van der Waals surface area contributed by atoms with Crippen LogP contribution in [0.15, 0.2) is 16.7 Å². The van der Waals surface area contributed by atoms with Crippen LogP contribution in [0.3, 0.4) is 0 Å². The van der Waals surface area contributed by atoms with E-state index in [1.165, 1.54) is 0 Å². The number of hydrogen-bond donors (Lipinski definition) is 2. The maximum atomic E-state index is 5.90. The number of hydrogen-bond acceptors (Lipinski definition) is 6. The first-order valence-electron chi connectivity index (χ1n) is 6.02. The van der Waals surface area contributed by atoms with Crippen LogP contribution in [0.5, 0.6) is 5.88 Å². The molecule has 0 aliphatic carbocycles. The van der Waals surface area contributed by atoms with Gasteiger partial charge in [-0.3, -0.25) is 0 Å². The second-order valence-corrected chi connectivity index (χ2v) is 4.40. The van der Waals surface area contributed by atoms with Gasteiger partial charge >= 0.3 is 0 Å². The van der Waals surface area contributed by atoms with Gasteiger partial charge in [0, 0.05) is 11.6 Å². The molecule has 19 heavy (non-hydrogen) atoms. The van der Waals surface area contributed by atoms with Crippen LogP contribution in [-0.2, 0) is 0 Å². The second kappa shape index (κ2) is 5.17. The van der Waals surface area contributed by atoms with Gasteiger partial charge in [-0.1, -0.05) is 5.16 Å². The Morgan fingerprint density at radius 1 is 1.37 bits per heavy atom. The largest absolute Gasteiger partial charge is 0.481 e. The highest BCUT2D eigenvalue weighted by Crippen LogP contribution is 2.27. The summed E-state index contributed by atoms with van der Waals surface area (Å²) in [6, 6.07) is 3.48. The van der Waals surface area contributed by atoms with E-state index in [4.69, 9.17) is 15.0 Å². The molecule has 2 aromatic rings. The zero-order chi connectivity index (χ0) is 14.0. The first kappa shape index (κ1) is 13.2. The fourth-order valence-corrected chi connectivity index (χ4v) is 2.07. The summed E-state index contributed by atoms with van der Waals surface area (Å²) >= 11 is 0. The molecule has 0 saturated heterocycles. The van der Waals surface area contributed by atoms with Crippen molar-refractivity contribution in [1.29, 1.82) is 0 Å². The molecular formula is C13H18N4O2. The van der Waals surface area contributed by atoms with E-state index >= 15 is 0 Å². The molecule has 6 heteroatoms. The van der Waals surface area contributed by atoms with Crippen molar-refractivity contribution in [2.24, 2.45) is 0 Å². The van der Waals surface area contributed by atoms with E-state index in [0.717, 1.165) is 17.0 Å². The molecule has 0 fully saturated rings. The summed E-state index contributed by atoms with van der Waals surface area (Å²) in [5, 5.41) is 7.20. The molecule has 6 nitrogen and oxygen atoms in total. The Morgan fingerprint density at radius 2 is 2.11 bits per heavy atom. The third-order valence-electron chi connectivity index (χ3n) is 2.98. The molecule has 3 N–H and O–H groups in total. The minimum atomic E-state index is -0.00634. The molecule has 0 amide bonds. The van der Waals surface area contributed by atoms with Gasteiger partial charge in [0.2, 0.25) is 5.88 Å². The molecular weight excluding hydrogens is 244 g/mol. The van der Waals surface area contributed by atoms with Gasteiger partial charge in [-0.15, -0.1) is 0 Å². The van der Waals surface area contributed by atoms with Crippen LogP contribution >= 0.6 is 0 Å². The third kappa shape index (κ3) is 2.62. The number of nitrogen functional groups attached to an aromatic ring is 1. The van der Waals surface area contributed by atoms with Crippen molar-refractivity contribution in [3.63, 3.8) is 0 Å². The van der Waals surface area contributed by atoms with Crippen LogP contribution in [0.1, 0.15) is 30.0 Å². The lowest BCUT2D eigenvalue weighted by atomic mass is 10.1. The Bertz CT molecular complexity index is 561. The number of pyridine rings is 1. The van der Waals surface area contributed by atoms with Crippen molar-refractivity contribution < 1.29 is 9.26 Å². The quantitative estimate of drug-likeness (QED) is 0.880. The van der Waals surface area contributed by atoms with Crippen LogP contribution in [0.4, 0.5) is 11.5 Å². The Labute approximate surface area is 112 Å². The molecule has 2 aromatic heterocycles. The van der Waals surface area contributed by atoms with E-state index in [0.29, 0.717) is 17.4 Å². The average Bonchev–Trinajstić information content (AvgIpc) is 2.71. The van der Waals surface area contributed by atoms with Crippen molar-refractivity contribution in [1.82, 2.24) is 10.1 Å². The van der Waals surface area contributed by atoms with Gasteiger partial charge in [0.25, 0.3) is 0 Å². The minimum Gasteiger partial charge on any atom is -0.481 e. The maximum Gasteiger partial charge on any atom is 0.215 e. The van der Waals surface area contributed by atoms with Gasteiger partial charge in [-0.25, -0.2) is 0 Å². The maximum absolute atomic E-state index is 5.90. The van der Waals surface area contributed by atoms with Crippen molar-refractivity contribution in [3.05, 3.63) is 29.2 Å². The summed E-state index contributed by atoms with van der Waals surface area (Å²) in [6.07, 6.45) is 0. The van der Waals surface area contributed by atoms with E-state index in [1.807, 2.05) is 20.8 Å². The lowest BCUT2D eigenvalue weighted by Gasteiger charge is -2.16. The fraction of sp³-hybridized carbons (Fsp3) is 0.385. The van der Waals surface area contributed by atoms with Crippen molar-refractivity contribution in [3.8, 4) is 5.88 Å². The van der Waals surface area contributed by atoms with Gasteiger partial charge < -0.3 is 20.3 Å². The Hall–Kier alpha value is -2.24. The van der Waals surface area contributed by atoms with E-state index < -0.39 is 0 Å². The van der Waals surface area contributed by atoms with Gasteiger partial charge in [0.15, 0.2) is 5.82 Å². The number of nitrogens with one attached hydrogen (secondary N) is 1. The summed E-state index contributed by atoms with van der Waals surface area (Å²) < 4.78 is 10.3. The van der Waals surface area contributed by atoms with Gasteiger partial charge in [-0.05, 0) is 26.8 Å². The predicted octanol–water partition coefficient (Wildman–Crippen LogP) is 2.45. The van der Waals surface area contributed by atoms with E-state index in [9.17, 15) is 0 Å². The lowest BCUT2D eigenvalue weighted by Crippen LogP contribution is -2.11. The number of rotatable bonds is 4. The molecule has 2 rings (SSSR count). The third-order valence-corrected chi connectivity index (χ3v) is 2.98. The number of nitrogens with zero attached hydrogens (tertiary/aromatic N) is 2. The molecule has 0 radical (unpaired) electrons. The molecule has 0 aliphatic heterocycles. The summed E-state index contributed by atoms with van der Waals surface area (Å²) in [6.45, 7) is 5.80. The van der Waals surface area contributed by atoms with Crippen LogP contribution in [-0.4, -0.2) is 17.3 Å². The second-order valence-electron chi connectivity index (χ2n) is 4.40. The highest BCUT2D eigenvalue weighted by molar-refractivity contribution is 5.62. The summed E-state index contributed by atoms with van der Waals surface area (Å²) in [4.78, 5) is 4.29. The summed E-state index contributed by atoms with van der Waals surface area (Å²) in [7, 11) is 1.57. The van der Waals surface area contributed by atoms with Gasteiger partial charge in [0.1, 0.15) is 5.76 Å². The average molecular weight is 262 g/mol. The topological polar surface area (TPSA) is 86.2 Å². The van der Waals surface area contributed by atoms with E-state index in [-0.39, 0.29) is 6.04 Å². The number of anilines is 2. The van der Waals surface area contributed by atoms with Crippen LogP contribution in [0.2, 0.25) is 0 Å². The van der Waals surface area contributed by atoms with Crippen molar-refractivity contribution in [2.45, 2.75) is 26.8 Å². The molecule has 1 unspecified atom stereocenters. The number of aromatic nitrogens is 2. The van der Waals surface area contributed by atoms with Gasteiger partial charge in [0.05, 0.1) is 24.5 Å². The normalized spacial score (nSPS) is 12.2. The number of ether oxygens (including phenoxy) is 1. The lowest BCUT2D eigenvalue weighted by molar-refractivity contribution is 0.392. The predicted molar refractivity (Wildman–Crippen MR) is 73.2 cm³/mol. The van der Waals surface area contributed by atoms with Crippen molar-refractivity contribution >= 4 is 11.5 Å². The van der Waals surface area contributed by atoms with Crippen LogP contribution < -0.4 is 15.8 Å².